The molecule has 1 aliphatic heterocycles. The lowest BCUT2D eigenvalue weighted by molar-refractivity contribution is -0.0215. The van der Waals surface area contributed by atoms with Gasteiger partial charge >= 0.3 is 6.09 Å². The lowest BCUT2D eigenvalue weighted by atomic mass is 9.90. The van der Waals surface area contributed by atoms with Gasteiger partial charge in [0.15, 0.2) is 8.32 Å². The third-order valence-electron chi connectivity index (χ3n) is 5.26. The van der Waals surface area contributed by atoms with E-state index in [9.17, 15) is 9.90 Å². The minimum absolute atomic E-state index is 0.0625. The molecule has 0 aromatic heterocycles. The van der Waals surface area contributed by atoms with Crippen LogP contribution in [0, 0.1) is 5.92 Å². The molecule has 6 heteroatoms. The van der Waals surface area contributed by atoms with E-state index in [0.717, 1.165) is 6.54 Å². The fourth-order valence-electron chi connectivity index (χ4n) is 2.95. The molecular weight excluding hydrogens is 308 g/mol. The Bertz CT molecular complexity index is 427. The maximum Gasteiger partial charge on any atom is 0.408 e. The molecule has 0 unspecified atom stereocenters. The van der Waals surface area contributed by atoms with Crippen LogP contribution in [-0.2, 0) is 4.43 Å². The summed E-state index contributed by atoms with van der Waals surface area (Å²) < 4.78 is 6.69. The number of carboxylic acid groups (broad SMARTS) is 1. The molecule has 136 valence electrons. The number of hydrogen-bond acceptors (Lipinski definition) is 3. The number of nitrogens with zero attached hydrogens (tertiary/aromatic N) is 1. The van der Waals surface area contributed by atoms with Crippen LogP contribution in [0.4, 0.5) is 4.79 Å². The van der Waals surface area contributed by atoms with Crippen LogP contribution in [-0.4, -0.2) is 55.2 Å². The number of piperidine rings is 1. The standard InChI is InChI=1S/C17H36N2O3Si/c1-12-10-18-11-13(19(15(20)21)16(2,3)4)14(12)22-23(8,9)17(5,6)7/h12-14,18H,10-11H2,1-9H3,(H,20,21)/t12-,13+,14+/m0/s1. The molecule has 0 aromatic rings. The van der Waals surface area contributed by atoms with Crippen molar-refractivity contribution >= 4 is 14.4 Å². The summed E-state index contributed by atoms with van der Waals surface area (Å²) in [5, 5.41) is 13.3. The quantitative estimate of drug-likeness (QED) is 0.765. The number of amides is 1. The van der Waals surface area contributed by atoms with Crippen LogP contribution in [0.1, 0.15) is 48.5 Å². The summed E-state index contributed by atoms with van der Waals surface area (Å²) in [4.78, 5) is 13.5. The van der Waals surface area contributed by atoms with Gasteiger partial charge in [0, 0.05) is 18.6 Å². The zero-order chi connectivity index (χ0) is 18.2. The first-order valence-electron chi connectivity index (χ1n) is 8.59. The van der Waals surface area contributed by atoms with Gasteiger partial charge in [0.05, 0.1) is 12.1 Å². The number of hydrogen-bond donors (Lipinski definition) is 2. The van der Waals surface area contributed by atoms with Gasteiger partial charge in [-0.1, -0.05) is 27.7 Å². The van der Waals surface area contributed by atoms with Crippen LogP contribution >= 0.6 is 0 Å². The van der Waals surface area contributed by atoms with Crippen molar-refractivity contribution in [2.24, 2.45) is 5.92 Å². The molecule has 1 rings (SSSR count). The van der Waals surface area contributed by atoms with Crippen molar-refractivity contribution in [3.05, 3.63) is 0 Å². The van der Waals surface area contributed by atoms with Crippen molar-refractivity contribution in [1.82, 2.24) is 10.2 Å². The maximum absolute atomic E-state index is 11.9. The lowest BCUT2D eigenvalue weighted by Gasteiger charge is -2.50. The highest BCUT2D eigenvalue weighted by molar-refractivity contribution is 6.74. The largest absolute Gasteiger partial charge is 0.465 e. The van der Waals surface area contributed by atoms with Crippen LogP contribution in [0.2, 0.25) is 18.1 Å². The highest BCUT2D eigenvalue weighted by atomic mass is 28.4. The van der Waals surface area contributed by atoms with Crippen molar-refractivity contribution in [2.75, 3.05) is 13.1 Å². The van der Waals surface area contributed by atoms with Crippen LogP contribution in [0.25, 0.3) is 0 Å². The molecule has 1 amide bonds. The maximum atomic E-state index is 11.9. The van der Waals surface area contributed by atoms with Crippen LogP contribution in [0.5, 0.6) is 0 Å². The van der Waals surface area contributed by atoms with E-state index >= 15 is 0 Å². The topological polar surface area (TPSA) is 61.8 Å². The SMILES string of the molecule is C[C@H]1CNC[C@@H](N(C(=O)O)C(C)(C)C)[C@@H]1O[Si](C)(C)C(C)(C)C. The Morgan fingerprint density at radius 3 is 2.09 bits per heavy atom. The molecule has 0 spiro atoms. The molecule has 23 heavy (non-hydrogen) atoms. The Balaban J connectivity index is 3.16. The van der Waals surface area contributed by atoms with Crippen LogP contribution < -0.4 is 5.32 Å². The summed E-state index contributed by atoms with van der Waals surface area (Å²) in [6.45, 7) is 20.6. The lowest BCUT2D eigenvalue weighted by Crippen LogP contribution is -2.65. The van der Waals surface area contributed by atoms with Gasteiger partial charge in [-0.25, -0.2) is 4.79 Å². The third-order valence-corrected chi connectivity index (χ3v) is 9.73. The fraction of sp³-hybridized carbons (Fsp3) is 0.941. The second kappa shape index (κ2) is 6.73. The summed E-state index contributed by atoms with van der Waals surface area (Å²) in [6, 6.07) is -0.162. The Morgan fingerprint density at radius 2 is 1.70 bits per heavy atom. The molecule has 2 N–H and O–H groups in total. The van der Waals surface area contributed by atoms with Crippen molar-refractivity contribution in [1.29, 1.82) is 0 Å². The van der Waals surface area contributed by atoms with Gasteiger partial charge in [0.1, 0.15) is 0 Å². The molecule has 1 heterocycles. The van der Waals surface area contributed by atoms with Gasteiger partial charge in [0.2, 0.25) is 0 Å². The molecule has 5 nitrogen and oxygen atoms in total. The predicted octanol–water partition coefficient (Wildman–Crippen LogP) is 3.76. The summed E-state index contributed by atoms with van der Waals surface area (Å²) in [6.07, 6.45) is -0.935. The van der Waals surface area contributed by atoms with E-state index in [4.69, 9.17) is 4.43 Å². The zero-order valence-corrected chi connectivity index (χ0v) is 17.4. The third kappa shape index (κ3) is 4.70. The normalized spacial score (nSPS) is 26.9. The van der Waals surface area contributed by atoms with Gasteiger partial charge in [-0.15, -0.1) is 0 Å². The molecule has 1 aliphatic rings. The molecule has 3 atom stereocenters. The molecule has 0 radical (unpaired) electrons. The molecule has 0 aromatic carbocycles. The second-order valence-electron chi connectivity index (χ2n) is 9.37. The van der Waals surface area contributed by atoms with Crippen molar-refractivity contribution < 1.29 is 14.3 Å². The molecule has 0 saturated carbocycles. The monoisotopic (exact) mass is 344 g/mol. The fourth-order valence-corrected chi connectivity index (χ4v) is 4.37. The Hall–Kier alpha value is -0.593. The van der Waals surface area contributed by atoms with E-state index in [1.54, 1.807) is 4.90 Å². The Kier molecular flexibility index (Phi) is 5.98. The summed E-state index contributed by atoms with van der Waals surface area (Å²) in [7, 11) is -1.96. The highest BCUT2D eigenvalue weighted by Crippen LogP contribution is 2.39. The van der Waals surface area contributed by atoms with Crippen LogP contribution in [0.3, 0.4) is 0 Å². The van der Waals surface area contributed by atoms with Gasteiger partial charge in [-0.2, -0.15) is 0 Å². The van der Waals surface area contributed by atoms with Gasteiger partial charge in [-0.05, 0) is 44.8 Å². The Morgan fingerprint density at radius 1 is 1.17 bits per heavy atom. The second-order valence-corrected chi connectivity index (χ2v) is 14.1. The van der Waals surface area contributed by atoms with E-state index in [2.05, 4.69) is 46.1 Å². The number of carbonyl (C=O) groups is 1. The van der Waals surface area contributed by atoms with E-state index < -0.39 is 19.9 Å². The minimum Gasteiger partial charge on any atom is -0.465 e. The van der Waals surface area contributed by atoms with E-state index in [1.165, 1.54) is 0 Å². The molecule has 1 saturated heterocycles. The first kappa shape index (κ1) is 20.5. The molecule has 1 fully saturated rings. The first-order chi connectivity index (χ1) is 10.2. The van der Waals surface area contributed by atoms with Crippen LogP contribution in [0.15, 0.2) is 0 Å². The van der Waals surface area contributed by atoms with Crippen molar-refractivity contribution in [3.63, 3.8) is 0 Å². The zero-order valence-electron chi connectivity index (χ0n) is 16.4. The van der Waals surface area contributed by atoms with Crippen molar-refractivity contribution in [3.8, 4) is 0 Å². The summed E-state index contributed by atoms with van der Waals surface area (Å²) in [5.41, 5.74) is -0.454. The van der Waals surface area contributed by atoms with Gasteiger partial charge in [0.25, 0.3) is 0 Å². The average Bonchev–Trinajstić information content (AvgIpc) is 2.29. The molecule has 0 bridgehead atoms. The predicted molar refractivity (Wildman–Crippen MR) is 97.5 cm³/mol. The summed E-state index contributed by atoms with van der Waals surface area (Å²) >= 11 is 0. The summed E-state index contributed by atoms with van der Waals surface area (Å²) in [5.74, 6) is 0.284. The molecule has 0 aliphatic carbocycles. The average molecular weight is 345 g/mol. The van der Waals surface area contributed by atoms with E-state index in [1.807, 2.05) is 20.8 Å². The first-order valence-corrected chi connectivity index (χ1v) is 11.5. The van der Waals surface area contributed by atoms with Crippen molar-refractivity contribution in [2.45, 2.75) is 84.3 Å². The van der Waals surface area contributed by atoms with Gasteiger partial charge in [-0.3, -0.25) is 4.90 Å². The van der Waals surface area contributed by atoms with Gasteiger partial charge < -0.3 is 14.8 Å². The molecular formula is C17H36N2O3Si. The smallest absolute Gasteiger partial charge is 0.408 e. The minimum atomic E-state index is -1.96. The highest BCUT2D eigenvalue weighted by Gasteiger charge is 2.47. The Labute approximate surface area is 142 Å². The van der Waals surface area contributed by atoms with E-state index in [-0.39, 0.29) is 23.1 Å². The number of rotatable bonds is 3. The number of nitrogens with one attached hydrogen (secondary N) is 1. The van der Waals surface area contributed by atoms with E-state index in [0.29, 0.717) is 6.54 Å².